The molecule has 1 aromatic carbocycles. The van der Waals surface area contributed by atoms with E-state index in [4.69, 9.17) is 5.73 Å². The number of nitrogens with one attached hydrogen (secondary N) is 1. The fourth-order valence-electron chi connectivity index (χ4n) is 1.11. The van der Waals surface area contributed by atoms with Crippen LogP contribution in [0, 0.1) is 5.82 Å². The minimum absolute atomic E-state index is 0. The zero-order valence-corrected chi connectivity index (χ0v) is 13.1. The molecule has 0 amide bonds. The van der Waals surface area contributed by atoms with Gasteiger partial charge in [0.2, 0.25) is 10.0 Å². The van der Waals surface area contributed by atoms with E-state index in [0.717, 1.165) is 6.07 Å². The van der Waals surface area contributed by atoms with Crippen molar-refractivity contribution in [2.24, 2.45) is 5.73 Å². The van der Waals surface area contributed by atoms with Gasteiger partial charge in [0.05, 0.1) is 9.37 Å². The summed E-state index contributed by atoms with van der Waals surface area (Å²) >= 11 is 2.94. The van der Waals surface area contributed by atoms with Gasteiger partial charge in [-0.05, 0) is 48.0 Å². The summed E-state index contributed by atoms with van der Waals surface area (Å²) in [5.74, 6) is -0.512. The standard InChI is InChI=1S/C10H14BrFN2O2S.ClH/c1-10(2,6-13)14-17(15,16)7-3-4-9(12)8(11)5-7;/h3-5,14H,6,13H2,1-2H3;1H. The molecule has 1 aromatic rings. The number of rotatable bonds is 4. The van der Waals surface area contributed by atoms with E-state index >= 15 is 0 Å². The summed E-state index contributed by atoms with van der Waals surface area (Å²) in [5, 5.41) is 0. The van der Waals surface area contributed by atoms with Crippen LogP contribution in [0.3, 0.4) is 0 Å². The second kappa shape index (κ2) is 6.29. The van der Waals surface area contributed by atoms with Crippen LogP contribution in [0.25, 0.3) is 0 Å². The molecule has 0 aliphatic rings. The van der Waals surface area contributed by atoms with Crippen molar-refractivity contribution in [1.82, 2.24) is 4.72 Å². The largest absolute Gasteiger partial charge is 0.329 e. The van der Waals surface area contributed by atoms with Gasteiger partial charge in [0.15, 0.2) is 0 Å². The normalized spacial score (nSPS) is 12.1. The third-order valence-electron chi connectivity index (χ3n) is 2.12. The Bertz CT molecular complexity index is 523. The molecule has 18 heavy (non-hydrogen) atoms. The maximum Gasteiger partial charge on any atom is 0.241 e. The summed E-state index contributed by atoms with van der Waals surface area (Å²) in [6, 6.07) is 3.51. The van der Waals surface area contributed by atoms with Gasteiger partial charge in [-0.15, -0.1) is 12.4 Å². The Morgan fingerprint density at radius 3 is 2.44 bits per heavy atom. The average Bonchev–Trinajstić information content (AvgIpc) is 2.20. The molecule has 0 heterocycles. The average molecular weight is 362 g/mol. The van der Waals surface area contributed by atoms with Gasteiger partial charge in [0, 0.05) is 12.1 Å². The fourth-order valence-corrected chi connectivity index (χ4v) is 3.09. The minimum Gasteiger partial charge on any atom is -0.329 e. The Kier molecular flexibility index (Phi) is 6.22. The monoisotopic (exact) mass is 360 g/mol. The Hall–Kier alpha value is -0.210. The van der Waals surface area contributed by atoms with Crippen LogP contribution in [0.5, 0.6) is 0 Å². The van der Waals surface area contributed by atoms with Crippen LogP contribution in [-0.2, 0) is 10.0 Å². The van der Waals surface area contributed by atoms with Crippen molar-refractivity contribution in [3.05, 3.63) is 28.5 Å². The molecular weight excluding hydrogens is 347 g/mol. The first kappa shape index (κ1) is 17.8. The highest BCUT2D eigenvalue weighted by molar-refractivity contribution is 9.10. The van der Waals surface area contributed by atoms with E-state index in [1.807, 2.05) is 0 Å². The number of benzene rings is 1. The zero-order chi connectivity index (χ0) is 13.3. The maximum absolute atomic E-state index is 13.0. The third kappa shape index (κ3) is 4.47. The second-order valence-electron chi connectivity index (χ2n) is 4.27. The maximum atomic E-state index is 13.0. The summed E-state index contributed by atoms with van der Waals surface area (Å²) in [7, 11) is -3.70. The molecule has 4 nitrogen and oxygen atoms in total. The van der Waals surface area contributed by atoms with Gasteiger partial charge in [0.25, 0.3) is 0 Å². The van der Waals surface area contributed by atoms with Crippen LogP contribution in [0.4, 0.5) is 4.39 Å². The first-order chi connectivity index (χ1) is 7.68. The molecule has 0 bridgehead atoms. The quantitative estimate of drug-likeness (QED) is 0.862. The van der Waals surface area contributed by atoms with Gasteiger partial charge >= 0.3 is 0 Å². The molecule has 0 saturated heterocycles. The van der Waals surface area contributed by atoms with E-state index in [2.05, 4.69) is 20.7 Å². The van der Waals surface area contributed by atoms with Crippen molar-refractivity contribution in [3.8, 4) is 0 Å². The number of nitrogens with two attached hydrogens (primary N) is 1. The van der Waals surface area contributed by atoms with Crippen LogP contribution in [0.15, 0.2) is 27.6 Å². The van der Waals surface area contributed by atoms with E-state index in [1.54, 1.807) is 13.8 Å². The molecule has 0 fully saturated rings. The number of halogens is 3. The molecule has 0 aliphatic carbocycles. The van der Waals surface area contributed by atoms with Crippen LogP contribution < -0.4 is 10.5 Å². The summed E-state index contributed by atoms with van der Waals surface area (Å²) in [6.07, 6.45) is 0. The van der Waals surface area contributed by atoms with Crippen molar-refractivity contribution in [1.29, 1.82) is 0 Å². The summed E-state index contributed by atoms with van der Waals surface area (Å²) < 4.78 is 39.5. The predicted molar refractivity (Wildman–Crippen MR) is 74.8 cm³/mol. The number of sulfonamides is 1. The molecule has 0 radical (unpaired) electrons. The molecule has 0 atom stereocenters. The molecule has 0 spiro atoms. The number of hydrogen-bond donors (Lipinski definition) is 2. The highest BCUT2D eigenvalue weighted by Crippen LogP contribution is 2.20. The zero-order valence-electron chi connectivity index (χ0n) is 9.91. The van der Waals surface area contributed by atoms with E-state index in [-0.39, 0.29) is 28.3 Å². The van der Waals surface area contributed by atoms with Crippen molar-refractivity contribution in [2.75, 3.05) is 6.54 Å². The molecule has 0 saturated carbocycles. The summed E-state index contributed by atoms with van der Waals surface area (Å²) in [6.45, 7) is 3.50. The van der Waals surface area contributed by atoms with Crippen LogP contribution in [0.2, 0.25) is 0 Å². The Morgan fingerprint density at radius 1 is 1.44 bits per heavy atom. The van der Waals surface area contributed by atoms with Crippen molar-refractivity contribution < 1.29 is 12.8 Å². The molecule has 0 aromatic heterocycles. The van der Waals surface area contributed by atoms with Gasteiger partial charge in [-0.3, -0.25) is 0 Å². The molecular formula is C10H15BrClFN2O2S. The predicted octanol–water partition coefficient (Wildman–Crippen LogP) is 2.03. The molecule has 8 heteroatoms. The van der Waals surface area contributed by atoms with Crippen LogP contribution in [0.1, 0.15) is 13.8 Å². The van der Waals surface area contributed by atoms with Gasteiger partial charge in [-0.25, -0.2) is 17.5 Å². The second-order valence-corrected chi connectivity index (χ2v) is 6.81. The lowest BCUT2D eigenvalue weighted by atomic mass is 10.1. The first-order valence-electron chi connectivity index (χ1n) is 4.87. The van der Waals surface area contributed by atoms with Gasteiger partial charge in [-0.2, -0.15) is 0 Å². The fraction of sp³-hybridized carbons (Fsp3) is 0.400. The lowest BCUT2D eigenvalue weighted by molar-refractivity contribution is 0.462. The Morgan fingerprint density at radius 2 is 2.00 bits per heavy atom. The molecule has 3 N–H and O–H groups in total. The van der Waals surface area contributed by atoms with E-state index in [0.29, 0.717) is 0 Å². The highest BCUT2D eigenvalue weighted by atomic mass is 79.9. The lowest BCUT2D eigenvalue weighted by Gasteiger charge is -2.23. The number of hydrogen-bond acceptors (Lipinski definition) is 3. The van der Waals surface area contributed by atoms with E-state index in [1.165, 1.54) is 12.1 Å². The first-order valence-corrected chi connectivity index (χ1v) is 7.15. The van der Waals surface area contributed by atoms with Gasteiger partial charge < -0.3 is 5.73 Å². The van der Waals surface area contributed by atoms with E-state index in [9.17, 15) is 12.8 Å². The Labute approximate surface area is 121 Å². The third-order valence-corrected chi connectivity index (χ3v) is 4.43. The molecule has 104 valence electrons. The van der Waals surface area contributed by atoms with Crippen molar-refractivity contribution in [2.45, 2.75) is 24.3 Å². The lowest BCUT2D eigenvalue weighted by Crippen LogP contribution is -2.48. The van der Waals surface area contributed by atoms with E-state index < -0.39 is 21.4 Å². The van der Waals surface area contributed by atoms with Crippen molar-refractivity contribution in [3.63, 3.8) is 0 Å². The van der Waals surface area contributed by atoms with Crippen molar-refractivity contribution >= 4 is 38.4 Å². The SMILES string of the molecule is CC(C)(CN)NS(=O)(=O)c1ccc(F)c(Br)c1.Cl. The van der Waals surface area contributed by atoms with Gasteiger partial charge in [0.1, 0.15) is 5.82 Å². The van der Waals surface area contributed by atoms with Crippen LogP contribution >= 0.6 is 28.3 Å². The molecule has 0 unspecified atom stereocenters. The summed E-state index contributed by atoms with van der Waals surface area (Å²) in [5.41, 5.74) is 4.70. The Balaban J connectivity index is 0.00000289. The van der Waals surface area contributed by atoms with Crippen LogP contribution in [-0.4, -0.2) is 20.5 Å². The molecule has 1 rings (SSSR count). The molecule has 0 aliphatic heterocycles. The highest BCUT2D eigenvalue weighted by Gasteiger charge is 2.25. The van der Waals surface area contributed by atoms with Gasteiger partial charge in [-0.1, -0.05) is 0 Å². The summed E-state index contributed by atoms with van der Waals surface area (Å²) in [4.78, 5) is -0.00713. The topological polar surface area (TPSA) is 72.2 Å². The smallest absolute Gasteiger partial charge is 0.241 e. The minimum atomic E-state index is -3.70.